The molecular weight excluding hydrogens is 388 g/mol. The van der Waals surface area contributed by atoms with E-state index < -0.39 is 10.0 Å². The molecule has 0 saturated carbocycles. The number of sulfonamides is 1. The van der Waals surface area contributed by atoms with Gasteiger partial charge in [0.25, 0.3) is 0 Å². The van der Waals surface area contributed by atoms with E-state index in [1.165, 1.54) is 13.2 Å². The third-order valence-electron chi connectivity index (χ3n) is 4.46. The minimum absolute atomic E-state index is 0.00424. The van der Waals surface area contributed by atoms with Crippen molar-refractivity contribution in [2.75, 3.05) is 39.9 Å². The van der Waals surface area contributed by atoms with Crippen LogP contribution in [-0.2, 0) is 14.8 Å². The lowest BCUT2D eigenvalue weighted by molar-refractivity contribution is -0.0291. The molecule has 27 heavy (non-hydrogen) atoms. The zero-order chi connectivity index (χ0) is 19.3. The SMILES string of the molecule is COc1ccc(Cl)cc1S(=O)(=O)NCCN1CCO[C@@H](c2ccccc2)C1. The van der Waals surface area contributed by atoms with Gasteiger partial charge in [-0.05, 0) is 23.8 Å². The van der Waals surface area contributed by atoms with Crippen molar-refractivity contribution in [2.45, 2.75) is 11.0 Å². The number of rotatable bonds is 7. The number of nitrogens with zero attached hydrogens (tertiary/aromatic N) is 1. The number of hydrogen-bond acceptors (Lipinski definition) is 5. The summed E-state index contributed by atoms with van der Waals surface area (Å²) in [6.45, 7) is 3.00. The molecule has 1 aliphatic rings. The van der Waals surface area contributed by atoms with Crippen LogP contribution in [0.25, 0.3) is 0 Å². The summed E-state index contributed by atoms with van der Waals surface area (Å²) in [7, 11) is -2.28. The lowest BCUT2D eigenvalue weighted by Gasteiger charge is -2.33. The van der Waals surface area contributed by atoms with Gasteiger partial charge < -0.3 is 9.47 Å². The Morgan fingerprint density at radius 3 is 2.78 bits per heavy atom. The predicted octanol–water partition coefficient (Wildman–Crippen LogP) is 2.70. The summed E-state index contributed by atoms with van der Waals surface area (Å²) in [4.78, 5) is 2.24. The van der Waals surface area contributed by atoms with Gasteiger partial charge in [0.15, 0.2) is 0 Å². The molecule has 0 bridgehead atoms. The molecule has 0 spiro atoms. The van der Waals surface area contributed by atoms with E-state index in [0.29, 0.717) is 24.7 Å². The van der Waals surface area contributed by atoms with Crippen LogP contribution in [-0.4, -0.2) is 53.2 Å². The fourth-order valence-corrected chi connectivity index (χ4v) is 4.50. The summed E-state index contributed by atoms with van der Waals surface area (Å²) >= 11 is 5.94. The molecule has 8 heteroatoms. The van der Waals surface area contributed by atoms with Crippen molar-refractivity contribution in [1.29, 1.82) is 0 Å². The molecule has 0 unspecified atom stereocenters. The highest BCUT2D eigenvalue weighted by Crippen LogP contribution is 2.27. The summed E-state index contributed by atoms with van der Waals surface area (Å²) < 4.78 is 38.8. The van der Waals surface area contributed by atoms with Crippen LogP contribution < -0.4 is 9.46 Å². The molecule has 2 aromatic carbocycles. The zero-order valence-electron chi connectivity index (χ0n) is 15.1. The molecule has 6 nitrogen and oxygen atoms in total. The Kier molecular flexibility index (Phi) is 6.73. The Labute approximate surface area is 165 Å². The maximum atomic E-state index is 12.6. The normalized spacial score (nSPS) is 18.4. The summed E-state index contributed by atoms with van der Waals surface area (Å²) in [6.07, 6.45) is 0.00424. The van der Waals surface area contributed by atoms with E-state index in [1.54, 1.807) is 12.1 Å². The van der Waals surface area contributed by atoms with Crippen molar-refractivity contribution in [3.8, 4) is 5.75 Å². The van der Waals surface area contributed by atoms with Crippen molar-refractivity contribution in [3.63, 3.8) is 0 Å². The van der Waals surface area contributed by atoms with Crippen LogP contribution in [0.4, 0.5) is 0 Å². The Balaban J connectivity index is 1.58. The molecule has 1 atom stereocenters. The van der Waals surface area contributed by atoms with E-state index >= 15 is 0 Å². The van der Waals surface area contributed by atoms with Gasteiger partial charge in [-0.3, -0.25) is 4.90 Å². The number of morpholine rings is 1. The quantitative estimate of drug-likeness (QED) is 0.760. The lowest BCUT2D eigenvalue weighted by atomic mass is 10.1. The first kappa shape index (κ1) is 20.1. The predicted molar refractivity (Wildman–Crippen MR) is 105 cm³/mol. The molecule has 3 rings (SSSR count). The van der Waals surface area contributed by atoms with E-state index in [2.05, 4.69) is 9.62 Å². The van der Waals surface area contributed by atoms with Gasteiger partial charge in [0.2, 0.25) is 10.0 Å². The molecular formula is C19H23ClN2O4S. The van der Waals surface area contributed by atoms with E-state index in [0.717, 1.165) is 18.7 Å². The monoisotopic (exact) mass is 410 g/mol. The molecule has 2 aromatic rings. The summed E-state index contributed by atoms with van der Waals surface area (Å²) in [5, 5.41) is 0.343. The van der Waals surface area contributed by atoms with Gasteiger partial charge in [0, 0.05) is 31.2 Å². The average Bonchev–Trinajstić information content (AvgIpc) is 2.69. The van der Waals surface area contributed by atoms with Crippen molar-refractivity contribution < 1.29 is 17.9 Å². The smallest absolute Gasteiger partial charge is 0.244 e. The molecule has 1 fully saturated rings. The summed E-state index contributed by atoms with van der Waals surface area (Å²) in [5.74, 6) is 0.266. The van der Waals surface area contributed by atoms with E-state index in [9.17, 15) is 8.42 Å². The number of halogens is 1. The maximum absolute atomic E-state index is 12.6. The van der Waals surface area contributed by atoms with E-state index in [-0.39, 0.29) is 16.7 Å². The Bertz CT molecular complexity index is 861. The second kappa shape index (κ2) is 9.03. The molecule has 1 heterocycles. The number of nitrogens with one attached hydrogen (secondary N) is 1. The Morgan fingerprint density at radius 2 is 2.04 bits per heavy atom. The third-order valence-corrected chi connectivity index (χ3v) is 6.17. The van der Waals surface area contributed by atoms with Crippen molar-refractivity contribution in [1.82, 2.24) is 9.62 Å². The molecule has 0 aromatic heterocycles. The van der Waals surface area contributed by atoms with Crippen molar-refractivity contribution >= 4 is 21.6 Å². The standard InChI is InChI=1S/C19H23ClN2O4S/c1-25-17-8-7-16(20)13-19(17)27(23,24)21-9-10-22-11-12-26-18(14-22)15-5-3-2-4-6-15/h2-8,13,18,21H,9-12,14H2,1H3/t18-/m1/s1. The van der Waals surface area contributed by atoms with Gasteiger partial charge >= 0.3 is 0 Å². The van der Waals surface area contributed by atoms with E-state index in [1.807, 2.05) is 30.3 Å². The van der Waals surface area contributed by atoms with Crippen LogP contribution in [0.1, 0.15) is 11.7 Å². The van der Waals surface area contributed by atoms with Gasteiger partial charge in [-0.2, -0.15) is 0 Å². The fraction of sp³-hybridized carbons (Fsp3) is 0.368. The molecule has 0 radical (unpaired) electrons. The Morgan fingerprint density at radius 1 is 1.26 bits per heavy atom. The molecule has 146 valence electrons. The largest absolute Gasteiger partial charge is 0.495 e. The lowest BCUT2D eigenvalue weighted by Crippen LogP contribution is -2.42. The number of hydrogen-bond donors (Lipinski definition) is 1. The third kappa shape index (κ3) is 5.21. The second-order valence-electron chi connectivity index (χ2n) is 6.26. The van der Waals surface area contributed by atoms with Gasteiger partial charge in [0.1, 0.15) is 10.6 Å². The molecule has 1 N–H and O–H groups in total. The first-order valence-corrected chi connectivity index (χ1v) is 10.6. The van der Waals surface area contributed by atoms with Crippen LogP contribution in [0.5, 0.6) is 5.75 Å². The number of benzene rings is 2. The van der Waals surface area contributed by atoms with Crippen LogP contribution in [0, 0.1) is 0 Å². The van der Waals surface area contributed by atoms with Gasteiger partial charge in [-0.1, -0.05) is 41.9 Å². The highest BCUT2D eigenvalue weighted by Gasteiger charge is 2.23. The number of methoxy groups -OCH3 is 1. The molecule has 1 aliphatic heterocycles. The first-order chi connectivity index (χ1) is 13.0. The topological polar surface area (TPSA) is 67.9 Å². The highest BCUT2D eigenvalue weighted by atomic mass is 35.5. The van der Waals surface area contributed by atoms with Gasteiger partial charge in [-0.25, -0.2) is 13.1 Å². The van der Waals surface area contributed by atoms with Crippen molar-refractivity contribution in [2.24, 2.45) is 0 Å². The second-order valence-corrected chi connectivity index (χ2v) is 8.44. The minimum Gasteiger partial charge on any atom is -0.495 e. The van der Waals surface area contributed by atoms with E-state index in [4.69, 9.17) is 21.1 Å². The minimum atomic E-state index is -3.71. The first-order valence-electron chi connectivity index (χ1n) is 8.72. The molecule has 0 aliphatic carbocycles. The number of ether oxygens (including phenoxy) is 2. The summed E-state index contributed by atoms with van der Waals surface area (Å²) in [6, 6.07) is 14.6. The van der Waals surface area contributed by atoms with Gasteiger partial charge in [0.05, 0.1) is 19.8 Å². The maximum Gasteiger partial charge on any atom is 0.244 e. The van der Waals surface area contributed by atoms with Crippen LogP contribution >= 0.6 is 11.6 Å². The molecule has 1 saturated heterocycles. The van der Waals surface area contributed by atoms with Crippen LogP contribution in [0.15, 0.2) is 53.4 Å². The van der Waals surface area contributed by atoms with Crippen molar-refractivity contribution in [3.05, 3.63) is 59.1 Å². The summed E-state index contributed by atoms with van der Waals surface area (Å²) in [5.41, 5.74) is 1.13. The van der Waals surface area contributed by atoms with Crippen LogP contribution in [0.3, 0.4) is 0 Å². The molecule has 0 amide bonds. The fourth-order valence-electron chi connectivity index (χ4n) is 3.05. The average molecular weight is 411 g/mol. The highest BCUT2D eigenvalue weighted by molar-refractivity contribution is 7.89. The zero-order valence-corrected chi connectivity index (χ0v) is 16.7. The van der Waals surface area contributed by atoms with Crippen LogP contribution in [0.2, 0.25) is 5.02 Å². The van der Waals surface area contributed by atoms with Gasteiger partial charge in [-0.15, -0.1) is 0 Å². The Hall–Kier alpha value is -1.64.